The van der Waals surface area contributed by atoms with Crippen LogP contribution in [0.2, 0.25) is 0 Å². The summed E-state index contributed by atoms with van der Waals surface area (Å²) in [6, 6.07) is 15.8. The second kappa shape index (κ2) is 5.72. The zero-order valence-electron chi connectivity index (χ0n) is 9.72. The highest BCUT2D eigenvalue weighted by molar-refractivity contribution is 5.92. The second-order valence-electron chi connectivity index (χ2n) is 3.73. The molecular weight excluding hydrogens is 228 g/mol. The largest absolute Gasteiger partial charge is 0.484 e. The molecule has 0 aliphatic rings. The van der Waals surface area contributed by atoms with E-state index in [2.05, 4.69) is 5.32 Å². The number of carbonyl (C=O) groups is 1. The minimum atomic E-state index is -0.246. The molecule has 0 bridgehead atoms. The van der Waals surface area contributed by atoms with Gasteiger partial charge in [-0.15, -0.1) is 0 Å². The SMILES string of the molecule is [NH]c1cccc(NC(=O)COc2ccccc2)c1. The molecule has 0 saturated heterocycles. The number of hydrogen-bond donors (Lipinski definition) is 1. The van der Waals surface area contributed by atoms with Gasteiger partial charge in [0.1, 0.15) is 5.75 Å². The van der Waals surface area contributed by atoms with Crippen molar-refractivity contribution in [2.45, 2.75) is 0 Å². The van der Waals surface area contributed by atoms with E-state index < -0.39 is 0 Å². The van der Waals surface area contributed by atoms with Crippen LogP contribution in [0.3, 0.4) is 0 Å². The van der Waals surface area contributed by atoms with Crippen LogP contribution in [-0.2, 0) is 4.79 Å². The Hall–Kier alpha value is -2.49. The standard InChI is InChI=1S/C14H13N2O2/c15-11-5-4-6-12(9-11)16-14(17)10-18-13-7-2-1-3-8-13/h1-9,15H,10H2,(H,16,17). The molecule has 0 aliphatic carbocycles. The van der Waals surface area contributed by atoms with Gasteiger partial charge in [0.2, 0.25) is 0 Å². The maximum absolute atomic E-state index is 11.6. The maximum Gasteiger partial charge on any atom is 0.262 e. The average molecular weight is 241 g/mol. The van der Waals surface area contributed by atoms with Crippen molar-refractivity contribution >= 4 is 17.3 Å². The van der Waals surface area contributed by atoms with Crippen molar-refractivity contribution in [3.8, 4) is 5.75 Å². The molecule has 0 aromatic heterocycles. The molecule has 91 valence electrons. The van der Waals surface area contributed by atoms with E-state index >= 15 is 0 Å². The molecule has 1 amide bonds. The second-order valence-corrected chi connectivity index (χ2v) is 3.73. The van der Waals surface area contributed by atoms with Gasteiger partial charge in [-0.05, 0) is 30.3 Å². The van der Waals surface area contributed by atoms with Crippen LogP contribution in [0.1, 0.15) is 0 Å². The first-order valence-electron chi connectivity index (χ1n) is 5.53. The van der Waals surface area contributed by atoms with Crippen LogP contribution in [0.5, 0.6) is 5.75 Å². The third kappa shape index (κ3) is 3.52. The first kappa shape index (κ1) is 12.0. The van der Waals surface area contributed by atoms with Gasteiger partial charge in [0.05, 0.1) is 5.69 Å². The van der Waals surface area contributed by atoms with E-state index in [0.717, 1.165) is 0 Å². The number of carbonyl (C=O) groups excluding carboxylic acids is 1. The molecule has 0 heterocycles. The minimum Gasteiger partial charge on any atom is -0.484 e. The van der Waals surface area contributed by atoms with Crippen LogP contribution in [-0.4, -0.2) is 12.5 Å². The Morgan fingerprint density at radius 1 is 1.11 bits per heavy atom. The third-order valence-corrected chi connectivity index (χ3v) is 2.26. The average Bonchev–Trinajstić information content (AvgIpc) is 2.38. The van der Waals surface area contributed by atoms with Crippen molar-refractivity contribution in [1.29, 1.82) is 0 Å². The first-order chi connectivity index (χ1) is 8.74. The number of nitrogens with one attached hydrogen (secondary N) is 2. The highest BCUT2D eigenvalue weighted by Gasteiger charge is 2.03. The summed E-state index contributed by atoms with van der Waals surface area (Å²) in [7, 11) is 0. The highest BCUT2D eigenvalue weighted by Crippen LogP contribution is 2.13. The number of ether oxygens (including phenoxy) is 1. The summed E-state index contributed by atoms with van der Waals surface area (Å²) in [5.41, 5.74) is 8.39. The van der Waals surface area contributed by atoms with Crippen molar-refractivity contribution in [2.75, 3.05) is 11.9 Å². The smallest absolute Gasteiger partial charge is 0.262 e. The predicted molar refractivity (Wildman–Crippen MR) is 69.8 cm³/mol. The number of hydrogen-bond acceptors (Lipinski definition) is 2. The van der Waals surface area contributed by atoms with Gasteiger partial charge in [0, 0.05) is 5.69 Å². The molecule has 4 heteroatoms. The lowest BCUT2D eigenvalue weighted by atomic mass is 10.3. The van der Waals surface area contributed by atoms with E-state index in [1.807, 2.05) is 18.2 Å². The van der Waals surface area contributed by atoms with E-state index in [0.29, 0.717) is 17.1 Å². The van der Waals surface area contributed by atoms with E-state index in [-0.39, 0.29) is 12.5 Å². The van der Waals surface area contributed by atoms with Crippen molar-refractivity contribution in [3.63, 3.8) is 0 Å². The molecular formula is C14H13N2O2. The van der Waals surface area contributed by atoms with Gasteiger partial charge in [-0.1, -0.05) is 24.3 Å². The van der Waals surface area contributed by atoms with Gasteiger partial charge in [-0.25, -0.2) is 0 Å². The van der Waals surface area contributed by atoms with Gasteiger partial charge in [0.25, 0.3) is 5.91 Å². The van der Waals surface area contributed by atoms with Crippen LogP contribution in [0.15, 0.2) is 54.6 Å². The Bertz CT molecular complexity index is 526. The summed E-state index contributed by atoms with van der Waals surface area (Å²) < 4.78 is 5.31. The summed E-state index contributed by atoms with van der Waals surface area (Å²) in [6.45, 7) is -0.0494. The monoisotopic (exact) mass is 241 g/mol. The van der Waals surface area contributed by atoms with Crippen LogP contribution in [0.4, 0.5) is 11.4 Å². The lowest BCUT2D eigenvalue weighted by Crippen LogP contribution is -2.20. The Labute approximate surface area is 105 Å². The molecule has 2 aromatic carbocycles. The van der Waals surface area contributed by atoms with Crippen molar-refractivity contribution in [3.05, 3.63) is 54.6 Å². The molecule has 0 unspecified atom stereocenters. The Kier molecular flexibility index (Phi) is 3.81. The lowest BCUT2D eigenvalue weighted by molar-refractivity contribution is -0.118. The number of amides is 1. The minimum absolute atomic E-state index is 0.0494. The van der Waals surface area contributed by atoms with Crippen molar-refractivity contribution in [1.82, 2.24) is 5.73 Å². The molecule has 2 N–H and O–H groups in total. The van der Waals surface area contributed by atoms with Gasteiger partial charge >= 0.3 is 0 Å². The molecule has 1 radical (unpaired) electrons. The lowest BCUT2D eigenvalue weighted by Gasteiger charge is -2.07. The molecule has 2 rings (SSSR count). The fourth-order valence-corrected chi connectivity index (χ4v) is 1.46. The molecule has 2 aromatic rings. The maximum atomic E-state index is 11.6. The molecule has 0 spiro atoms. The van der Waals surface area contributed by atoms with Gasteiger partial charge < -0.3 is 15.8 Å². The molecule has 0 fully saturated rings. The number of rotatable bonds is 4. The van der Waals surface area contributed by atoms with Crippen LogP contribution in [0.25, 0.3) is 0 Å². The normalized spacial score (nSPS) is 9.78. The summed E-state index contributed by atoms with van der Waals surface area (Å²) in [6.07, 6.45) is 0. The Morgan fingerprint density at radius 2 is 1.89 bits per heavy atom. The molecule has 0 aliphatic heterocycles. The fraction of sp³-hybridized carbons (Fsp3) is 0.0714. The molecule has 0 atom stereocenters. The zero-order chi connectivity index (χ0) is 12.8. The summed E-state index contributed by atoms with van der Waals surface area (Å²) in [4.78, 5) is 11.6. The molecule has 0 saturated carbocycles. The molecule has 4 nitrogen and oxygen atoms in total. The van der Waals surface area contributed by atoms with E-state index in [9.17, 15) is 4.79 Å². The number of anilines is 1. The first-order valence-corrected chi connectivity index (χ1v) is 5.53. The predicted octanol–water partition coefficient (Wildman–Crippen LogP) is 2.62. The van der Waals surface area contributed by atoms with Gasteiger partial charge in [-0.3, -0.25) is 4.79 Å². The van der Waals surface area contributed by atoms with Crippen LogP contribution < -0.4 is 15.8 Å². The van der Waals surface area contributed by atoms with Crippen molar-refractivity contribution < 1.29 is 9.53 Å². The highest BCUT2D eigenvalue weighted by atomic mass is 16.5. The summed E-state index contributed by atoms with van der Waals surface area (Å²) in [5.74, 6) is 0.409. The topological polar surface area (TPSA) is 62.1 Å². The van der Waals surface area contributed by atoms with E-state index in [4.69, 9.17) is 10.5 Å². The Morgan fingerprint density at radius 3 is 2.61 bits per heavy atom. The van der Waals surface area contributed by atoms with Crippen LogP contribution in [0, 0.1) is 0 Å². The molecule has 18 heavy (non-hydrogen) atoms. The van der Waals surface area contributed by atoms with E-state index in [1.165, 1.54) is 0 Å². The fourth-order valence-electron chi connectivity index (χ4n) is 1.46. The van der Waals surface area contributed by atoms with Gasteiger partial charge in [0.15, 0.2) is 6.61 Å². The van der Waals surface area contributed by atoms with Crippen LogP contribution >= 0.6 is 0 Å². The Balaban J connectivity index is 1.86. The van der Waals surface area contributed by atoms with E-state index in [1.54, 1.807) is 36.4 Å². The third-order valence-electron chi connectivity index (χ3n) is 2.26. The number of para-hydroxylation sites is 1. The zero-order valence-corrected chi connectivity index (χ0v) is 9.72. The van der Waals surface area contributed by atoms with Crippen molar-refractivity contribution in [2.24, 2.45) is 0 Å². The number of benzene rings is 2. The summed E-state index contributed by atoms with van der Waals surface area (Å²) >= 11 is 0. The quantitative estimate of drug-likeness (QED) is 0.894. The summed E-state index contributed by atoms with van der Waals surface area (Å²) in [5, 5.41) is 2.67. The van der Waals surface area contributed by atoms with Gasteiger partial charge in [-0.2, -0.15) is 0 Å².